The van der Waals surface area contributed by atoms with Gasteiger partial charge in [0.1, 0.15) is 10.7 Å². The molecule has 3 aromatic carbocycles. The standard InChI is InChI=1S/C24H17Cl2N3O3/c1-14-5-2-3-8-19(14)29-23(31)20(26)21(24(29)32)27-18-7-4-6-15(13-18)22(30)28-17-11-9-16(25)10-12-17/h2-13,27H,1H3,(H,28,30). The molecule has 2 N–H and O–H groups in total. The maximum absolute atomic E-state index is 13.0. The summed E-state index contributed by atoms with van der Waals surface area (Å²) in [4.78, 5) is 39.3. The number of hydrogen-bond acceptors (Lipinski definition) is 4. The summed E-state index contributed by atoms with van der Waals surface area (Å²) >= 11 is 12.1. The van der Waals surface area contributed by atoms with Gasteiger partial charge in [-0.3, -0.25) is 14.4 Å². The van der Waals surface area contributed by atoms with Gasteiger partial charge in [-0.05, 0) is 61.0 Å². The molecule has 8 heteroatoms. The normalized spacial score (nSPS) is 13.5. The second kappa shape index (κ2) is 8.86. The first kappa shape index (κ1) is 21.6. The summed E-state index contributed by atoms with van der Waals surface area (Å²) in [6.07, 6.45) is 0. The Labute approximate surface area is 194 Å². The topological polar surface area (TPSA) is 78.5 Å². The van der Waals surface area contributed by atoms with E-state index in [1.54, 1.807) is 73.7 Å². The summed E-state index contributed by atoms with van der Waals surface area (Å²) in [5.74, 6) is -1.51. The number of benzene rings is 3. The highest BCUT2D eigenvalue weighted by Crippen LogP contribution is 2.32. The SMILES string of the molecule is Cc1ccccc1N1C(=O)C(Cl)=C(Nc2cccc(C(=O)Nc3ccc(Cl)cc3)c2)C1=O. The van der Waals surface area contributed by atoms with Crippen LogP contribution in [0, 0.1) is 6.92 Å². The Morgan fingerprint density at radius 3 is 2.28 bits per heavy atom. The summed E-state index contributed by atoms with van der Waals surface area (Å²) in [6.45, 7) is 1.80. The van der Waals surface area contributed by atoms with Crippen LogP contribution in [-0.2, 0) is 9.59 Å². The summed E-state index contributed by atoms with van der Waals surface area (Å²) in [5.41, 5.74) is 2.57. The van der Waals surface area contributed by atoms with E-state index in [1.165, 1.54) is 0 Å². The zero-order valence-corrected chi connectivity index (χ0v) is 18.4. The van der Waals surface area contributed by atoms with E-state index in [0.717, 1.165) is 10.5 Å². The Hall–Kier alpha value is -3.61. The van der Waals surface area contributed by atoms with E-state index in [-0.39, 0.29) is 16.6 Å². The van der Waals surface area contributed by atoms with Gasteiger partial charge >= 0.3 is 0 Å². The molecule has 1 heterocycles. The van der Waals surface area contributed by atoms with E-state index in [9.17, 15) is 14.4 Å². The van der Waals surface area contributed by atoms with Crippen molar-refractivity contribution in [1.82, 2.24) is 0 Å². The highest BCUT2D eigenvalue weighted by atomic mass is 35.5. The molecule has 0 atom stereocenters. The first-order valence-corrected chi connectivity index (χ1v) is 10.4. The molecule has 4 rings (SSSR count). The molecule has 0 saturated carbocycles. The molecule has 3 amide bonds. The molecule has 0 unspecified atom stereocenters. The zero-order valence-electron chi connectivity index (χ0n) is 16.9. The Morgan fingerprint density at radius 2 is 1.56 bits per heavy atom. The molecule has 0 fully saturated rings. The average molecular weight is 466 g/mol. The number of imide groups is 1. The lowest BCUT2D eigenvalue weighted by Crippen LogP contribution is -2.32. The fourth-order valence-electron chi connectivity index (χ4n) is 3.26. The predicted octanol–water partition coefficient (Wildman–Crippen LogP) is 5.34. The van der Waals surface area contributed by atoms with Gasteiger partial charge in [0.2, 0.25) is 0 Å². The van der Waals surface area contributed by atoms with E-state index in [1.807, 2.05) is 6.07 Å². The van der Waals surface area contributed by atoms with Gasteiger partial charge in [0.25, 0.3) is 17.7 Å². The Morgan fingerprint density at radius 1 is 0.844 bits per heavy atom. The second-order valence-corrected chi connectivity index (χ2v) is 7.90. The highest BCUT2D eigenvalue weighted by molar-refractivity contribution is 6.53. The van der Waals surface area contributed by atoms with Crippen LogP contribution in [0.15, 0.2) is 83.5 Å². The van der Waals surface area contributed by atoms with Crippen molar-refractivity contribution in [3.8, 4) is 0 Å². The van der Waals surface area contributed by atoms with Gasteiger partial charge in [0.15, 0.2) is 0 Å². The molecule has 0 aromatic heterocycles. The lowest BCUT2D eigenvalue weighted by atomic mass is 10.1. The number of halogens is 2. The predicted molar refractivity (Wildman–Crippen MR) is 126 cm³/mol. The molecule has 3 aromatic rings. The van der Waals surface area contributed by atoms with E-state index in [2.05, 4.69) is 10.6 Å². The zero-order chi connectivity index (χ0) is 22.8. The van der Waals surface area contributed by atoms with Crippen molar-refractivity contribution in [2.24, 2.45) is 0 Å². The highest BCUT2D eigenvalue weighted by Gasteiger charge is 2.39. The minimum atomic E-state index is -0.606. The van der Waals surface area contributed by atoms with E-state index >= 15 is 0 Å². The van der Waals surface area contributed by atoms with E-state index in [4.69, 9.17) is 23.2 Å². The largest absolute Gasteiger partial charge is 0.350 e. The maximum atomic E-state index is 13.0. The van der Waals surface area contributed by atoms with Crippen LogP contribution < -0.4 is 15.5 Å². The van der Waals surface area contributed by atoms with Crippen LogP contribution >= 0.6 is 23.2 Å². The molecule has 0 aliphatic carbocycles. The molecule has 160 valence electrons. The Kier molecular flexibility index (Phi) is 5.99. The number of amides is 3. The van der Waals surface area contributed by atoms with Gasteiger partial charge in [0.05, 0.1) is 5.69 Å². The molecule has 0 saturated heterocycles. The van der Waals surface area contributed by atoms with Crippen molar-refractivity contribution in [1.29, 1.82) is 0 Å². The molecule has 1 aliphatic rings. The molecule has 0 spiro atoms. The van der Waals surface area contributed by atoms with E-state index in [0.29, 0.717) is 27.6 Å². The van der Waals surface area contributed by atoms with Crippen molar-refractivity contribution >= 4 is 58.0 Å². The monoisotopic (exact) mass is 465 g/mol. The van der Waals surface area contributed by atoms with Crippen molar-refractivity contribution in [3.63, 3.8) is 0 Å². The molecular weight excluding hydrogens is 449 g/mol. The fourth-order valence-corrected chi connectivity index (χ4v) is 3.60. The van der Waals surface area contributed by atoms with Crippen LogP contribution in [0.25, 0.3) is 0 Å². The number of aryl methyl sites for hydroxylation is 1. The minimum absolute atomic E-state index is 0.0461. The van der Waals surface area contributed by atoms with Crippen LogP contribution in [0.3, 0.4) is 0 Å². The molecule has 0 radical (unpaired) electrons. The van der Waals surface area contributed by atoms with Crippen LogP contribution in [0.2, 0.25) is 5.02 Å². The van der Waals surface area contributed by atoms with Gasteiger partial charge in [-0.2, -0.15) is 0 Å². The Bertz CT molecular complexity index is 1270. The second-order valence-electron chi connectivity index (χ2n) is 7.09. The van der Waals surface area contributed by atoms with Gasteiger partial charge in [-0.1, -0.05) is 47.5 Å². The van der Waals surface area contributed by atoms with Crippen LogP contribution in [0.4, 0.5) is 17.1 Å². The molecule has 0 bridgehead atoms. The van der Waals surface area contributed by atoms with Gasteiger partial charge < -0.3 is 10.6 Å². The summed E-state index contributed by atoms with van der Waals surface area (Å²) in [7, 11) is 0. The van der Waals surface area contributed by atoms with Crippen LogP contribution in [0.5, 0.6) is 0 Å². The summed E-state index contributed by atoms with van der Waals surface area (Å²) in [5, 5.41) is 6.02. The van der Waals surface area contributed by atoms with E-state index < -0.39 is 11.8 Å². The van der Waals surface area contributed by atoms with Crippen molar-refractivity contribution in [3.05, 3.63) is 99.7 Å². The smallest absolute Gasteiger partial charge is 0.283 e. The summed E-state index contributed by atoms with van der Waals surface area (Å²) in [6, 6.07) is 20.3. The third kappa shape index (κ3) is 4.23. The average Bonchev–Trinajstić information content (AvgIpc) is 2.99. The number of carbonyl (C=O) groups is 3. The first-order valence-electron chi connectivity index (χ1n) is 9.63. The minimum Gasteiger partial charge on any atom is -0.350 e. The molecule has 6 nitrogen and oxygen atoms in total. The summed E-state index contributed by atoms with van der Waals surface area (Å²) < 4.78 is 0. The number of hydrogen-bond donors (Lipinski definition) is 2. The number of carbonyl (C=O) groups excluding carboxylic acids is 3. The number of nitrogens with one attached hydrogen (secondary N) is 2. The quantitative estimate of drug-likeness (QED) is 0.498. The third-order valence-corrected chi connectivity index (χ3v) is 5.48. The third-order valence-electron chi connectivity index (χ3n) is 4.88. The van der Waals surface area contributed by atoms with Crippen LogP contribution in [0.1, 0.15) is 15.9 Å². The fraction of sp³-hybridized carbons (Fsp3) is 0.0417. The number of nitrogens with zero attached hydrogens (tertiary/aromatic N) is 1. The van der Waals surface area contributed by atoms with Crippen molar-refractivity contribution in [2.45, 2.75) is 6.92 Å². The number of anilines is 3. The first-order chi connectivity index (χ1) is 15.3. The van der Waals surface area contributed by atoms with Gasteiger partial charge in [0, 0.05) is 22.0 Å². The Balaban J connectivity index is 1.55. The molecule has 32 heavy (non-hydrogen) atoms. The van der Waals surface area contributed by atoms with Gasteiger partial charge in [-0.15, -0.1) is 0 Å². The van der Waals surface area contributed by atoms with Gasteiger partial charge in [-0.25, -0.2) is 4.90 Å². The lowest BCUT2D eigenvalue weighted by Gasteiger charge is -2.17. The number of rotatable bonds is 5. The molecule has 1 aliphatic heterocycles. The maximum Gasteiger partial charge on any atom is 0.283 e. The van der Waals surface area contributed by atoms with Crippen LogP contribution in [-0.4, -0.2) is 17.7 Å². The molecular formula is C24H17Cl2N3O3. The van der Waals surface area contributed by atoms with Crippen molar-refractivity contribution in [2.75, 3.05) is 15.5 Å². The lowest BCUT2D eigenvalue weighted by molar-refractivity contribution is -0.120. The number of para-hydroxylation sites is 1. The van der Waals surface area contributed by atoms with Crippen molar-refractivity contribution < 1.29 is 14.4 Å².